The maximum absolute atomic E-state index is 11.7. The first-order chi connectivity index (χ1) is 8.76. The molecule has 18 heavy (non-hydrogen) atoms. The Bertz CT molecular complexity index is 226. The van der Waals surface area contributed by atoms with Crippen molar-refractivity contribution in [1.82, 2.24) is 10.6 Å². The highest BCUT2D eigenvalue weighted by Crippen LogP contribution is 2.18. The summed E-state index contributed by atoms with van der Waals surface area (Å²) in [5, 5.41) is 6.69. The van der Waals surface area contributed by atoms with Gasteiger partial charge in [0.05, 0.1) is 0 Å². The van der Waals surface area contributed by atoms with Crippen molar-refractivity contribution >= 4 is 5.91 Å². The molecule has 0 radical (unpaired) electrons. The maximum Gasteiger partial charge on any atom is 0.220 e. The zero-order valence-electron chi connectivity index (χ0n) is 11.8. The zero-order chi connectivity index (χ0) is 13.2. The summed E-state index contributed by atoms with van der Waals surface area (Å²) in [4.78, 5) is 11.7. The van der Waals surface area contributed by atoms with Gasteiger partial charge in [0.25, 0.3) is 0 Å². The Morgan fingerprint density at radius 1 is 1.22 bits per heavy atom. The van der Waals surface area contributed by atoms with Crippen molar-refractivity contribution in [1.29, 1.82) is 0 Å². The van der Waals surface area contributed by atoms with Crippen LogP contribution >= 0.6 is 0 Å². The highest BCUT2D eigenvalue weighted by Gasteiger charge is 2.21. The lowest BCUT2D eigenvalue weighted by Gasteiger charge is -2.29. The van der Waals surface area contributed by atoms with Gasteiger partial charge in [0.15, 0.2) is 0 Å². The Hall–Kier alpha value is -0.610. The van der Waals surface area contributed by atoms with E-state index in [-0.39, 0.29) is 5.91 Å². The molecule has 0 saturated heterocycles. The van der Waals surface area contributed by atoms with E-state index in [9.17, 15) is 4.79 Å². The molecule has 1 fully saturated rings. The van der Waals surface area contributed by atoms with Crippen LogP contribution in [-0.2, 0) is 9.53 Å². The van der Waals surface area contributed by atoms with Crippen molar-refractivity contribution < 1.29 is 9.53 Å². The summed E-state index contributed by atoms with van der Waals surface area (Å²) in [7, 11) is 1.67. The molecule has 1 aliphatic carbocycles. The quantitative estimate of drug-likeness (QED) is 0.652. The summed E-state index contributed by atoms with van der Waals surface area (Å²) in [6.07, 6.45) is 7.18. The molecule has 2 N–H and O–H groups in total. The first-order valence-electron chi connectivity index (χ1n) is 7.28. The van der Waals surface area contributed by atoms with Crippen molar-refractivity contribution in [3.8, 4) is 0 Å². The average Bonchev–Trinajstić information content (AvgIpc) is 2.38. The maximum atomic E-state index is 11.7. The fraction of sp³-hybridized carbons (Fsp3) is 0.929. The SMILES string of the molecule is CCCNC1CCC(NC(=O)CCCOC)CC1. The van der Waals surface area contributed by atoms with E-state index in [2.05, 4.69) is 17.6 Å². The molecule has 0 aromatic heterocycles. The van der Waals surface area contributed by atoms with Crippen LogP contribution in [0.3, 0.4) is 0 Å². The van der Waals surface area contributed by atoms with Crippen LogP contribution in [0.1, 0.15) is 51.9 Å². The van der Waals surface area contributed by atoms with Crippen LogP contribution in [0.15, 0.2) is 0 Å². The molecule has 0 atom stereocenters. The largest absolute Gasteiger partial charge is 0.385 e. The lowest BCUT2D eigenvalue weighted by atomic mass is 9.91. The molecule has 0 spiro atoms. The summed E-state index contributed by atoms with van der Waals surface area (Å²) in [5.74, 6) is 0.178. The third kappa shape index (κ3) is 6.36. The summed E-state index contributed by atoms with van der Waals surface area (Å²) in [6, 6.07) is 1.05. The third-order valence-electron chi connectivity index (χ3n) is 3.53. The minimum atomic E-state index is 0.178. The van der Waals surface area contributed by atoms with Crippen LogP contribution in [0.25, 0.3) is 0 Å². The first kappa shape index (κ1) is 15.4. The number of hydrogen-bond acceptors (Lipinski definition) is 3. The van der Waals surface area contributed by atoms with E-state index in [0.29, 0.717) is 25.1 Å². The minimum Gasteiger partial charge on any atom is -0.385 e. The fourth-order valence-corrected chi connectivity index (χ4v) is 2.47. The van der Waals surface area contributed by atoms with Crippen molar-refractivity contribution in [2.75, 3.05) is 20.3 Å². The lowest BCUT2D eigenvalue weighted by Crippen LogP contribution is -2.42. The molecule has 4 nitrogen and oxygen atoms in total. The van der Waals surface area contributed by atoms with Crippen molar-refractivity contribution in [2.45, 2.75) is 64.0 Å². The van der Waals surface area contributed by atoms with Gasteiger partial charge in [0.1, 0.15) is 0 Å². The Balaban J connectivity index is 2.09. The van der Waals surface area contributed by atoms with Crippen molar-refractivity contribution in [2.24, 2.45) is 0 Å². The van der Waals surface area contributed by atoms with Crippen molar-refractivity contribution in [3.05, 3.63) is 0 Å². The van der Waals surface area contributed by atoms with Crippen molar-refractivity contribution in [3.63, 3.8) is 0 Å². The predicted molar refractivity (Wildman–Crippen MR) is 73.6 cm³/mol. The monoisotopic (exact) mass is 256 g/mol. The average molecular weight is 256 g/mol. The van der Waals surface area contributed by atoms with Crippen LogP contribution < -0.4 is 10.6 Å². The first-order valence-corrected chi connectivity index (χ1v) is 7.28. The highest BCUT2D eigenvalue weighted by molar-refractivity contribution is 5.76. The van der Waals surface area contributed by atoms with Gasteiger partial charge in [-0.15, -0.1) is 0 Å². The van der Waals surface area contributed by atoms with E-state index in [4.69, 9.17) is 4.74 Å². The molecule has 1 aliphatic rings. The Labute approximate surface area is 111 Å². The topological polar surface area (TPSA) is 50.4 Å². The number of carbonyl (C=O) groups is 1. The van der Waals surface area contributed by atoms with E-state index >= 15 is 0 Å². The lowest BCUT2D eigenvalue weighted by molar-refractivity contribution is -0.122. The molecule has 1 saturated carbocycles. The number of nitrogens with one attached hydrogen (secondary N) is 2. The van der Waals surface area contributed by atoms with Gasteiger partial charge >= 0.3 is 0 Å². The van der Waals surface area contributed by atoms with Gasteiger partial charge in [-0.25, -0.2) is 0 Å². The smallest absolute Gasteiger partial charge is 0.220 e. The summed E-state index contributed by atoms with van der Waals surface area (Å²) in [6.45, 7) is 3.97. The molecule has 0 bridgehead atoms. The summed E-state index contributed by atoms with van der Waals surface area (Å²) in [5.41, 5.74) is 0. The van der Waals surface area contributed by atoms with Gasteiger partial charge in [0, 0.05) is 32.2 Å². The fourth-order valence-electron chi connectivity index (χ4n) is 2.47. The molecule has 1 rings (SSSR count). The summed E-state index contributed by atoms with van der Waals surface area (Å²) >= 11 is 0. The van der Waals surface area contributed by atoms with Crippen LogP contribution in [0.5, 0.6) is 0 Å². The number of hydrogen-bond donors (Lipinski definition) is 2. The molecule has 0 aromatic carbocycles. The van der Waals surface area contributed by atoms with Gasteiger partial charge in [0.2, 0.25) is 5.91 Å². The summed E-state index contributed by atoms with van der Waals surface area (Å²) < 4.78 is 4.95. The second-order valence-electron chi connectivity index (χ2n) is 5.17. The van der Waals surface area contributed by atoms with Crippen LogP contribution in [0.4, 0.5) is 0 Å². The second-order valence-corrected chi connectivity index (χ2v) is 5.17. The molecule has 0 aliphatic heterocycles. The number of carbonyl (C=O) groups excluding carboxylic acids is 1. The molecule has 0 unspecified atom stereocenters. The van der Waals surface area contributed by atoms with Gasteiger partial charge in [-0.05, 0) is 45.1 Å². The van der Waals surface area contributed by atoms with E-state index in [1.165, 1.54) is 19.3 Å². The predicted octanol–water partition coefficient (Wildman–Crippen LogP) is 1.84. The van der Waals surface area contributed by atoms with Gasteiger partial charge in [-0.3, -0.25) is 4.79 Å². The van der Waals surface area contributed by atoms with Crippen LogP contribution in [0.2, 0.25) is 0 Å². The van der Waals surface area contributed by atoms with Gasteiger partial charge < -0.3 is 15.4 Å². The Morgan fingerprint density at radius 3 is 2.50 bits per heavy atom. The standard InChI is InChI=1S/C14H28N2O2/c1-3-10-15-12-6-8-13(9-7-12)16-14(17)5-4-11-18-2/h12-13,15H,3-11H2,1-2H3,(H,16,17). The number of ether oxygens (including phenoxy) is 1. The molecule has 0 aromatic rings. The normalized spacial score (nSPS) is 23.9. The Morgan fingerprint density at radius 2 is 1.89 bits per heavy atom. The van der Waals surface area contributed by atoms with Crippen LogP contribution in [0, 0.1) is 0 Å². The molecular weight excluding hydrogens is 228 g/mol. The number of rotatable bonds is 8. The van der Waals surface area contributed by atoms with E-state index in [0.717, 1.165) is 25.8 Å². The third-order valence-corrected chi connectivity index (χ3v) is 3.53. The highest BCUT2D eigenvalue weighted by atomic mass is 16.5. The van der Waals surface area contributed by atoms with E-state index in [1.807, 2.05) is 0 Å². The Kier molecular flexibility index (Phi) is 8.01. The molecule has 1 amide bonds. The molecule has 0 heterocycles. The second kappa shape index (κ2) is 9.34. The zero-order valence-corrected chi connectivity index (χ0v) is 11.8. The number of amides is 1. The molecule has 106 valence electrons. The molecule has 4 heteroatoms. The minimum absolute atomic E-state index is 0.178. The van der Waals surface area contributed by atoms with Crippen LogP contribution in [-0.4, -0.2) is 38.3 Å². The van der Waals surface area contributed by atoms with E-state index in [1.54, 1.807) is 7.11 Å². The molecular formula is C14H28N2O2. The van der Waals surface area contributed by atoms with Gasteiger partial charge in [-0.1, -0.05) is 6.92 Å². The number of methoxy groups -OCH3 is 1. The van der Waals surface area contributed by atoms with Gasteiger partial charge in [-0.2, -0.15) is 0 Å². The van der Waals surface area contributed by atoms with E-state index < -0.39 is 0 Å².